The van der Waals surface area contributed by atoms with E-state index in [4.69, 9.17) is 10.5 Å². The lowest BCUT2D eigenvalue weighted by molar-refractivity contribution is -0.131. The highest BCUT2D eigenvalue weighted by molar-refractivity contribution is 9.10. The Morgan fingerprint density at radius 1 is 1.27 bits per heavy atom. The number of hydrogen-bond acceptors (Lipinski definition) is 4. The molecular weight excluding hydrogens is 460 g/mol. The van der Waals surface area contributed by atoms with Crippen molar-refractivity contribution in [2.24, 2.45) is 0 Å². The van der Waals surface area contributed by atoms with E-state index >= 15 is 0 Å². The zero-order valence-corrected chi connectivity index (χ0v) is 17.2. The van der Waals surface area contributed by atoms with Gasteiger partial charge in [-0.05, 0) is 39.7 Å². The van der Waals surface area contributed by atoms with Gasteiger partial charge in [-0.2, -0.15) is 10.5 Å². The zero-order valence-electron chi connectivity index (χ0n) is 15.6. The maximum absolute atomic E-state index is 13.5. The lowest BCUT2D eigenvalue weighted by Gasteiger charge is -2.19. The van der Waals surface area contributed by atoms with Crippen molar-refractivity contribution in [1.29, 1.82) is 10.5 Å². The molecule has 0 aliphatic carbocycles. The number of likely N-dealkylation sites (tertiary alicyclic amines) is 1. The van der Waals surface area contributed by atoms with Gasteiger partial charge in [0.05, 0.1) is 41.0 Å². The molecule has 0 spiro atoms. The highest BCUT2D eigenvalue weighted by atomic mass is 79.9. The molecule has 0 saturated carbocycles. The Kier molecular flexibility index (Phi) is 6.18. The van der Waals surface area contributed by atoms with Crippen molar-refractivity contribution >= 4 is 27.7 Å². The number of rotatable bonds is 5. The summed E-state index contributed by atoms with van der Waals surface area (Å²) in [6.07, 6.45) is 0.887. The van der Waals surface area contributed by atoms with Gasteiger partial charge in [-0.15, -0.1) is 0 Å². The van der Waals surface area contributed by atoms with Crippen molar-refractivity contribution < 1.29 is 18.4 Å². The van der Waals surface area contributed by atoms with Crippen molar-refractivity contribution in [3.63, 3.8) is 0 Å². The first-order valence-corrected chi connectivity index (χ1v) is 9.71. The molecule has 1 aromatic carbocycles. The summed E-state index contributed by atoms with van der Waals surface area (Å²) in [5.41, 5.74) is 1.75. The standard InChI is InChI=1S/C20H16BrF2N5O2/c21-17-5-15(11-27(17)10-14-3-1-13(7-24)2-4-14)19(30)26-9-18(29)28-12-20(22,23)6-16(28)8-25/h1-5,11,16H,6,9-10,12H2,(H,26,30)/t16-/m0/s1. The molecule has 0 radical (unpaired) electrons. The molecule has 1 saturated heterocycles. The van der Waals surface area contributed by atoms with Gasteiger partial charge in [0.2, 0.25) is 5.91 Å². The van der Waals surface area contributed by atoms with E-state index in [9.17, 15) is 18.4 Å². The summed E-state index contributed by atoms with van der Waals surface area (Å²) < 4.78 is 29.3. The van der Waals surface area contributed by atoms with Crippen molar-refractivity contribution in [3.8, 4) is 12.1 Å². The SMILES string of the molecule is N#Cc1ccc(Cn2cc(C(=O)NCC(=O)N3CC(F)(F)C[C@H]3C#N)cc2Br)cc1. The van der Waals surface area contributed by atoms with Crippen LogP contribution in [0, 0.1) is 22.7 Å². The Bertz CT molecular complexity index is 1050. The van der Waals surface area contributed by atoms with Crippen LogP contribution in [0.25, 0.3) is 0 Å². The van der Waals surface area contributed by atoms with Gasteiger partial charge in [0.25, 0.3) is 11.8 Å². The van der Waals surface area contributed by atoms with Gasteiger partial charge in [0.1, 0.15) is 6.04 Å². The predicted molar refractivity (Wildman–Crippen MR) is 105 cm³/mol. The van der Waals surface area contributed by atoms with E-state index < -0.39 is 43.3 Å². The Morgan fingerprint density at radius 3 is 2.60 bits per heavy atom. The molecule has 1 aliphatic heterocycles. The Morgan fingerprint density at radius 2 is 1.97 bits per heavy atom. The molecule has 154 valence electrons. The molecule has 2 amide bonds. The van der Waals surface area contributed by atoms with Crippen LogP contribution in [0.1, 0.15) is 27.9 Å². The number of carbonyl (C=O) groups is 2. The fourth-order valence-electron chi connectivity index (χ4n) is 3.16. The van der Waals surface area contributed by atoms with Crippen LogP contribution in [0.3, 0.4) is 0 Å². The molecule has 1 aromatic heterocycles. The molecule has 1 aliphatic rings. The van der Waals surface area contributed by atoms with Crippen LogP contribution in [0.4, 0.5) is 8.78 Å². The van der Waals surface area contributed by atoms with E-state index in [1.54, 1.807) is 47.2 Å². The van der Waals surface area contributed by atoms with Gasteiger partial charge in [-0.1, -0.05) is 12.1 Å². The first kappa shape index (κ1) is 21.5. The van der Waals surface area contributed by atoms with E-state index in [2.05, 4.69) is 21.2 Å². The van der Waals surface area contributed by atoms with Crippen LogP contribution in [-0.4, -0.2) is 46.3 Å². The first-order chi connectivity index (χ1) is 14.2. The molecule has 2 heterocycles. The lowest BCUT2D eigenvalue weighted by atomic mass is 10.1. The summed E-state index contributed by atoms with van der Waals surface area (Å²) in [5, 5.41) is 20.2. The highest BCUT2D eigenvalue weighted by Crippen LogP contribution is 2.31. The third-order valence-corrected chi connectivity index (χ3v) is 5.37. The number of hydrogen-bond donors (Lipinski definition) is 1. The summed E-state index contributed by atoms with van der Waals surface area (Å²) in [7, 11) is 0. The van der Waals surface area contributed by atoms with Gasteiger partial charge >= 0.3 is 0 Å². The number of benzene rings is 1. The number of aromatic nitrogens is 1. The molecular formula is C20H16BrF2N5O2. The molecule has 7 nitrogen and oxygen atoms in total. The molecule has 0 bridgehead atoms. The molecule has 0 unspecified atom stereocenters. The number of amides is 2. The van der Waals surface area contributed by atoms with E-state index in [0.29, 0.717) is 16.7 Å². The number of nitrogens with one attached hydrogen (secondary N) is 1. The van der Waals surface area contributed by atoms with E-state index in [1.165, 1.54) is 0 Å². The monoisotopic (exact) mass is 475 g/mol. The van der Waals surface area contributed by atoms with Crippen LogP contribution in [-0.2, 0) is 11.3 Å². The molecule has 3 rings (SSSR count). The maximum atomic E-state index is 13.5. The first-order valence-electron chi connectivity index (χ1n) is 8.92. The second kappa shape index (κ2) is 8.64. The lowest BCUT2D eigenvalue weighted by Crippen LogP contribution is -2.42. The van der Waals surface area contributed by atoms with Gasteiger partial charge < -0.3 is 14.8 Å². The van der Waals surface area contributed by atoms with E-state index in [-0.39, 0.29) is 5.56 Å². The summed E-state index contributed by atoms with van der Waals surface area (Å²) in [5.74, 6) is -4.38. The molecule has 1 fully saturated rings. The molecule has 30 heavy (non-hydrogen) atoms. The second-order valence-electron chi connectivity index (χ2n) is 6.90. The van der Waals surface area contributed by atoms with Crippen molar-refractivity contribution in [1.82, 2.24) is 14.8 Å². The average molecular weight is 476 g/mol. The zero-order chi connectivity index (χ0) is 21.9. The Labute approximate surface area is 179 Å². The molecule has 1 atom stereocenters. The number of nitriles is 2. The summed E-state index contributed by atoms with van der Waals surface area (Å²) in [6.45, 7) is -0.858. The summed E-state index contributed by atoms with van der Waals surface area (Å²) in [6, 6.07) is 11.1. The van der Waals surface area contributed by atoms with Crippen LogP contribution < -0.4 is 5.32 Å². The van der Waals surface area contributed by atoms with Crippen molar-refractivity contribution in [3.05, 3.63) is 57.8 Å². The third kappa shape index (κ3) is 4.84. The van der Waals surface area contributed by atoms with Crippen LogP contribution in [0.5, 0.6) is 0 Å². The Balaban J connectivity index is 1.61. The molecule has 1 N–H and O–H groups in total. The largest absolute Gasteiger partial charge is 0.343 e. The molecule has 10 heteroatoms. The highest BCUT2D eigenvalue weighted by Gasteiger charge is 2.47. The molecule has 2 aromatic rings. The maximum Gasteiger partial charge on any atom is 0.268 e. The Hall–Kier alpha value is -3.24. The van der Waals surface area contributed by atoms with Crippen LogP contribution >= 0.6 is 15.9 Å². The summed E-state index contributed by atoms with van der Waals surface area (Å²) in [4.78, 5) is 25.4. The minimum Gasteiger partial charge on any atom is -0.343 e. The van der Waals surface area contributed by atoms with E-state index in [1.807, 2.05) is 6.07 Å². The van der Waals surface area contributed by atoms with Gasteiger partial charge in [-0.3, -0.25) is 9.59 Å². The van der Waals surface area contributed by atoms with Gasteiger partial charge in [0, 0.05) is 19.2 Å². The number of alkyl halides is 2. The van der Waals surface area contributed by atoms with Crippen LogP contribution in [0.2, 0.25) is 0 Å². The van der Waals surface area contributed by atoms with Crippen molar-refractivity contribution in [2.75, 3.05) is 13.1 Å². The minimum absolute atomic E-state index is 0.284. The van der Waals surface area contributed by atoms with Gasteiger partial charge in [0.15, 0.2) is 0 Å². The quantitative estimate of drug-likeness (QED) is 0.717. The second-order valence-corrected chi connectivity index (χ2v) is 7.71. The third-order valence-electron chi connectivity index (χ3n) is 4.68. The number of carbonyl (C=O) groups excluding carboxylic acids is 2. The fraction of sp³-hybridized carbons (Fsp3) is 0.300. The fourth-order valence-corrected chi connectivity index (χ4v) is 3.63. The number of halogens is 3. The van der Waals surface area contributed by atoms with Crippen molar-refractivity contribution in [2.45, 2.75) is 24.9 Å². The average Bonchev–Trinajstić information content (AvgIpc) is 3.25. The number of nitrogens with zero attached hydrogens (tertiary/aromatic N) is 4. The van der Waals surface area contributed by atoms with Gasteiger partial charge in [-0.25, -0.2) is 8.78 Å². The predicted octanol–water partition coefficient (Wildman–Crippen LogP) is 2.66. The summed E-state index contributed by atoms with van der Waals surface area (Å²) >= 11 is 3.37. The van der Waals surface area contributed by atoms with Crippen LogP contribution in [0.15, 0.2) is 41.1 Å². The normalized spacial score (nSPS) is 17.2. The minimum atomic E-state index is -3.10. The van der Waals surface area contributed by atoms with E-state index in [0.717, 1.165) is 10.5 Å². The smallest absolute Gasteiger partial charge is 0.268 e. The topological polar surface area (TPSA) is 102 Å².